The summed E-state index contributed by atoms with van der Waals surface area (Å²) >= 11 is 5.75. The van der Waals surface area contributed by atoms with E-state index in [1.807, 2.05) is 0 Å². The van der Waals surface area contributed by atoms with Crippen molar-refractivity contribution in [1.82, 2.24) is 0 Å². The fourth-order valence-corrected chi connectivity index (χ4v) is 2.09. The molecule has 0 saturated heterocycles. The number of aromatic carboxylic acids is 1. The molecule has 2 rings (SSSR count). The van der Waals surface area contributed by atoms with Crippen molar-refractivity contribution in [3.05, 3.63) is 52.9 Å². The van der Waals surface area contributed by atoms with Crippen LogP contribution in [0.25, 0.3) is 0 Å². The highest BCUT2D eigenvalue weighted by Crippen LogP contribution is 2.29. The molecule has 23 heavy (non-hydrogen) atoms. The maximum atomic E-state index is 12.8. The van der Waals surface area contributed by atoms with Gasteiger partial charge in [-0.3, -0.25) is 9.69 Å². The maximum Gasteiger partial charge on any atom is 0.471 e. The summed E-state index contributed by atoms with van der Waals surface area (Å²) in [6.07, 6.45) is -3.85. The van der Waals surface area contributed by atoms with Crippen LogP contribution in [0.2, 0.25) is 5.02 Å². The van der Waals surface area contributed by atoms with Gasteiger partial charge in [-0.25, -0.2) is 4.79 Å². The van der Waals surface area contributed by atoms with Crippen LogP contribution in [-0.4, -0.2) is 23.2 Å². The lowest BCUT2D eigenvalue weighted by molar-refractivity contribution is -0.170. The molecule has 2 aromatic rings. The third-order valence-electron chi connectivity index (χ3n) is 2.88. The average Bonchev–Trinajstić information content (AvgIpc) is 2.95. The van der Waals surface area contributed by atoms with Crippen LogP contribution in [0, 0.1) is 0 Å². The van der Waals surface area contributed by atoms with Gasteiger partial charge < -0.3 is 9.52 Å². The van der Waals surface area contributed by atoms with E-state index in [1.54, 1.807) is 0 Å². The Morgan fingerprint density at radius 2 is 1.96 bits per heavy atom. The number of carboxylic acid groups (broad SMARTS) is 1. The van der Waals surface area contributed by atoms with E-state index in [2.05, 4.69) is 0 Å². The molecule has 0 spiro atoms. The highest BCUT2D eigenvalue weighted by molar-refractivity contribution is 6.33. The van der Waals surface area contributed by atoms with E-state index in [-0.39, 0.29) is 22.0 Å². The Bertz CT molecular complexity index is 728. The number of rotatable bonds is 4. The molecule has 5 nitrogen and oxygen atoms in total. The zero-order valence-corrected chi connectivity index (χ0v) is 12.1. The molecular weight excluding hydrogens is 339 g/mol. The van der Waals surface area contributed by atoms with Crippen molar-refractivity contribution in [3.63, 3.8) is 0 Å². The lowest BCUT2D eigenvalue weighted by Gasteiger charge is -2.23. The van der Waals surface area contributed by atoms with Crippen molar-refractivity contribution in [2.75, 3.05) is 4.90 Å². The zero-order chi connectivity index (χ0) is 17.2. The van der Waals surface area contributed by atoms with Crippen LogP contribution >= 0.6 is 11.6 Å². The summed E-state index contributed by atoms with van der Waals surface area (Å²) in [6.45, 7) is -0.478. The van der Waals surface area contributed by atoms with Gasteiger partial charge in [0.05, 0.1) is 23.4 Å². The first-order valence-corrected chi connectivity index (χ1v) is 6.52. The Labute approximate surface area is 132 Å². The van der Waals surface area contributed by atoms with E-state index >= 15 is 0 Å². The summed E-state index contributed by atoms with van der Waals surface area (Å²) in [5, 5.41) is 8.60. The number of carbonyl (C=O) groups excluding carboxylic acids is 1. The lowest BCUT2D eigenvalue weighted by Crippen LogP contribution is -2.40. The maximum absolute atomic E-state index is 12.8. The molecule has 1 aromatic carbocycles. The molecule has 1 N–H and O–H groups in total. The number of nitrogens with zero attached hydrogens (tertiary/aromatic N) is 1. The molecule has 0 fully saturated rings. The quantitative estimate of drug-likeness (QED) is 0.915. The minimum atomic E-state index is -5.11. The number of benzene rings is 1. The summed E-state index contributed by atoms with van der Waals surface area (Å²) in [5.41, 5.74) is -0.480. The SMILES string of the molecule is O=C(O)c1ccc(N(Cc2ccco2)C(=O)C(F)(F)F)cc1Cl. The van der Waals surface area contributed by atoms with E-state index in [9.17, 15) is 22.8 Å². The minimum absolute atomic E-state index is 0.126. The van der Waals surface area contributed by atoms with Crippen LogP contribution in [0.3, 0.4) is 0 Å². The van der Waals surface area contributed by atoms with E-state index < -0.39 is 24.6 Å². The molecule has 0 saturated carbocycles. The van der Waals surface area contributed by atoms with Gasteiger partial charge in [0.15, 0.2) is 0 Å². The Balaban J connectivity index is 2.42. The van der Waals surface area contributed by atoms with Gasteiger partial charge in [0, 0.05) is 5.69 Å². The highest BCUT2D eigenvalue weighted by Gasteiger charge is 2.43. The smallest absolute Gasteiger partial charge is 0.471 e. The van der Waals surface area contributed by atoms with Gasteiger partial charge in [-0.2, -0.15) is 13.2 Å². The number of anilines is 1. The van der Waals surface area contributed by atoms with Gasteiger partial charge in [0.25, 0.3) is 0 Å². The van der Waals surface area contributed by atoms with Crippen molar-refractivity contribution in [1.29, 1.82) is 0 Å². The van der Waals surface area contributed by atoms with Crippen molar-refractivity contribution < 1.29 is 32.3 Å². The monoisotopic (exact) mass is 347 g/mol. The number of alkyl halides is 3. The molecule has 0 atom stereocenters. The van der Waals surface area contributed by atoms with Gasteiger partial charge >= 0.3 is 18.1 Å². The third kappa shape index (κ3) is 3.84. The van der Waals surface area contributed by atoms with Gasteiger partial charge in [-0.15, -0.1) is 0 Å². The summed E-state index contributed by atoms with van der Waals surface area (Å²) in [4.78, 5) is 22.9. The normalized spacial score (nSPS) is 11.3. The molecule has 9 heteroatoms. The first-order chi connectivity index (χ1) is 10.7. The second-order valence-electron chi connectivity index (χ2n) is 4.44. The molecule has 1 heterocycles. The van der Waals surface area contributed by atoms with Crippen LogP contribution < -0.4 is 4.90 Å². The molecule has 0 unspecified atom stereocenters. The zero-order valence-electron chi connectivity index (χ0n) is 11.3. The summed E-state index contributed by atoms with van der Waals surface area (Å²) in [7, 11) is 0. The number of carboxylic acids is 1. The molecule has 1 aromatic heterocycles. The third-order valence-corrected chi connectivity index (χ3v) is 3.19. The van der Waals surface area contributed by atoms with Crippen LogP contribution in [0.4, 0.5) is 18.9 Å². The Morgan fingerprint density at radius 3 is 2.43 bits per heavy atom. The van der Waals surface area contributed by atoms with Gasteiger partial charge in [-0.05, 0) is 30.3 Å². The van der Waals surface area contributed by atoms with Crippen LogP contribution in [0.5, 0.6) is 0 Å². The van der Waals surface area contributed by atoms with Crippen molar-refractivity contribution in [3.8, 4) is 0 Å². The highest BCUT2D eigenvalue weighted by atomic mass is 35.5. The number of halogens is 4. The van der Waals surface area contributed by atoms with E-state index in [0.717, 1.165) is 18.2 Å². The molecule has 0 aliphatic rings. The molecule has 0 aliphatic carbocycles. The Kier molecular flexibility index (Phi) is 4.65. The summed E-state index contributed by atoms with van der Waals surface area (Å²) < 4.78 is 43.3. The van der Waals surface area contributed by atoms with Gasteiger partial charge in [-0.1, -0.05) is 11.6 Å². The molecule has 0 aliphatic heterocycles. The predicted molar refractivity (Wildman–Crippen MR) is 74.4 cm³/mol. The second-order valence-corrected chi connectivity index (χ2v) is 4.84. The standard InChI is InChI=1S/C14H9ClF3NO4/c15-11-6-8(3-4-10(11)12(20)21)19(13(22)14(16,17)18)7-9-2-1-5-23-9/h1-6H,7H2,(H,20,21). The molecule has 0 radical (unpaired) electrons. The van der Waals surface area contributed by atoms with Crippen molar-refractivity contribution >= 4 is 29.2 Å². The Hall–Kier alpha value is -2.48. The summed E-state index contributed by atoms with van der Waals surface area (Å²) in [6, 6.07) is 5.95. The average molecular weight is 348 g/mol. The first kappa shape index (κ1) is 16.9. The van der Waals surface area contributed by atoms with E-state index in [1.165, 1.54) is 18.4 Å². The predicted octanol–water partition coefficient (Wildman–Crippen LogP) is 3.73. The molecule has 122 valence electrons. The largest absolute Gasteiger partial charge is 0.478 e. The van der Waals surface area contributed by atoms with Gasteiger partial charge in [0.2, 0.25) is 0 Å². The van der Waals surface area contributed by atoms with Crippen LogP contribution in [-0.2, 0) is 11.3 Å². The van der Waals surface area contributed by atoms with E-state index in [4.69, 9.17) is 21.1 Å². The first-order valence-electron chi connectivity index (χ1n) is 6.14. The fourth-order valence-electron chi connectivity index (χ4n) is 1.84. The second kappa shape index (κ2) is 6.33. The molecule has 1 amide bonds. The number of furan rings is 1. The van der Waals surface area contributed by atoms with Gasteiger partial charge in [0.1, 0.15) is 5.76 Å². The summed E-state index contributed by atoms with van der Waals surface area (Å²) in [5.74, 6) is -3.32. The molecular formula is C14H9ClF3NO4. The number of hydrogen-bond acceptors (Lipinski definition) is 3. The van der Waals surface area contributed by atoms with Crippen LogP contribution in [0.1, 0.15) is 16.1 Å². The lowest BCUT2D eigenvalue weighted by atomic mass is 10.2. The van der Waals surface area contributed by atoms with E-state index in [0.29, 0.717) is 4.90 Å². The number of hydrogen-bond donors (Lipinski definition) is 1. The van der Waals surface area contributed by atoms with Crippen molar-refractivity contribution in [2.24, 2.45) is 0 Å². The fraction of sp³-hybridized carbons (Fsp3) is 0.143. The molecule has 0 bridgehead atoms. The topological polar surface area (TPSA) is 70.8 Å². The van der Waals surface area contributed by atoms with Crippen LogP contribution in [0.15, 0.2) is 41.0 Å². The minimum Gasteiger partial charge on any atom is -0.478 e. The number of amides is 1. The Morgan fingerprint density at radius 1 is 1.26 bits per heavy atom. The van der Waals surface area contributed by atoms with Crippen molar-refractivity contribution in [2.45, 2.75) is 12.7 Å². The number of carbonyl (C=O) groups is 2.